The maximum atomic E-state index is 12.7. The Bertz CT molecular complexity index is 1050. The SMILES string of the molecule is CNC(=O)N(CCc1cccc(S(C)(=O)=O)c1)C1CCC(CN)(c2cccc(Cl)c2)CC1. The van der Waals surface area contributed by atoms with E-state index >= 15 is 0 Å². The van der Waals surface area contributed by atoms with Gasteiger partial charge in [0, 0.05) is 42.9 Å². The number of carbonyl (C=O) groups is 1. The molecule has 3 rings (SSSR count). The Morgan fingerprint density at radius 3 is 2.47 bits per heavy atom. The van der Waals surface area contributed by atoms with Crippen LogP contribution in [0.25, 0.3) is 0 Å². The lowest BCUT2D eigenvalue weighted by molar-refractivity contribution is 0.137. The number of rotatable bonds is 7. The molecule has 0 bridgehead atoms. The highest BCUT2D eigenvalue weighted by Gasteiger charge is 2.38. The van der Waals surface area contributed by atoms with Gasteiger partial charge in [0.15, 0.2) is 9.84 Å². The summed E-state index contributed by atoms with van der Waals surface area (Å²) in [5, 5.41) is 3.47. The Hall–Kier alpha value is -2.09. The molecule has 1 fully saturated rings. The fraction of sp³-hybridized carbons (Fsp3) is 0.458. The Balaban J connectivity index is 1.72. The van der Waals surface area contributed by atoms with E-state index in [1.807, 2.05) is 29.2 Å². The lowest BCUT2D eigenvalue weighted by Crippen LogP contribution is -2.50. The molecule has 0 spiro atoms. The third kappa shape index (κ3) is 5.63. The molecule has 174 valence electrons. The minimum absolute atomic E-state index is 0.104. The predicted octanol–water partition coefficient (Wildman–Crippen LogP) is 3.77. The topological polar surface area (TPSA) is 92.5 Å². The molecule has 6 nitrogen and oxygen atoms in total. The third-order valence-corrected chi connectivity index (χ3v) is 7.97. The van der Waals surface area contributed by atoms with Gasteiger partial charge in [-0.3, -0.25) is 0 Å². The second-order valence-corrected chi connectivity index (χ2v) is 11.1. The van der Waals surface area contributed by atoms with Crippen molar-refractivity contribution in [3.05, 3.63) is 64.7 Å². The number of hydrogen-bond acceptors (Lipinski definition) is 4. The van der Waals surface area contributed by atoms with Gasteiger partial charge in [-0.15, -0.1) is 0 Å². The first-order valence-corrected chi connectivity index (χ1v) is 13.2. The highest BCUT2D eigenvalue weighted by Crippen LogP contribution is 2.40. The van der Waals surface area contributed by atoms with Crippen LogP contribution in [0.1, 0.15) is 36.8 Å². The van der Waals surface area contributed by atoms with Crippen LogP contribution >= 0.6 is 11.6 Å². The molecule has 2 aromatic carbocycles. The molecule has 1 aliphatic carbocycles. The molecule has 0 unspecified atom stereocenters. The monoisotopic (exact) mass is 477 g/mol. The van der Waals surface area contributed by atoms with Crippen LogP contribution in [0.2, 0.25) is 5.02 Å². The van der Waals surface area contributed by atoms with Gasteiger partial charge in [0.25, 0.3) is 0 Å². The molecule has 1 aliphatic rings. The molecule has 3 N–H and O–H groups in total. The molecule has 0 aromatic heterocycles. The van der Waals surface area contributed by atoms with E-state index in [-0.39, 0.29) is 17.5 Å². The minimum atomic E-state index is -3.26. The standard InChI is InChI=1S/C24H32ClN3O3S/c1-27-23(29)28(14-11-18-5-3-8-22(15-18)32(2,30)31)21-9-12-24(17-26,13-10-21)19-6-4-7-20(25)16-19/h3-8,15-16,21H,9-14,17,26H2,1-2H3,(H,27,29). The Labute approximate surface area is 196 Å². The maximum absolute atomic E-state index is 12.7. The van der Waals surface area contributed by atoms with Crippen molar-refractivity contribution in [2.24, 2.45) is 5.73 Å². The van der Waals surface area contributed by atoms with E-state index in [1.165, 1.54) is 6.26 Å². The molecule has 0 atom stereocenters. The summed E-state index contributed by atoms with van der Waals surface area (Å²) >= 11 is 6.22. The largest absolute Gasteiger partial charge is 0.341 e. The number of benzene rings is 2. The normalized spacial score (nSPS) is 21.2. The zero-order valence-corrected chi connectivity index (χ0v) is 20.3. The van der Waals surface area contributed by atoms with Crippen LogP contribution < -0.4 is 11.1 Å². The minimum Gasteiger partial charge on any atom is -0.341 e. The average molecular weight is 478 g/mol. The van der Waals surface area contributed by atoms with Gasteiger partial charge in [-0.05, 0) is 67.5 Å². The van der Waals surface area contributed by atoms with E-state index in [0.29, 0.717) is 29.4 Å². The summed E-state index contributed by atoms with van der Waals surface area (Å²) in [6, 6.07) is 14.8. The Morgan fingerprint density at radius 1 is 1.19 bits per heavy atom. The highest BCUT2D eigenvalue weighted by molar-refractivity contribution is 7.90. The maximum Gasteiger partial charge on any atom is 0.317 e. The van der Waals surface area contributed by atoms with E-state index in [0.717, 1.165) is 36.8 Å². The van der Waals surface area contributed by atoms with Crippen molar-refractivity contribution >= 4 is 27.5 Å². The number of hydrogen-bond donors (Lipinski definition) is 2. The van der Waals surface area contributed by atoms with Crippen molar-refractivity contribution in [3.8, 4) is 0 Å². The molecule has 8 heteroatoms. The number of carbonyl (C=O) groups excluding carboxylic acids is 1. The lowest BCUT2D eigenvalue weighted by atomic mass is 9.68. The van der Waals surface area contributed by atoms with Gasteiger partial charge >= 0.3 is 6.03 Å². The van der Waals surface area contributed by atoms with Crippen molar-refractivity contribution in [1.29, 1.82) is 0 Å². The second kappa shape index (κ2) is 10.2. The number of halogens is 1. The fourth-order valence-electron chi connectivity index (χ4n) is 4.67. The molecule has 32 heavy (non-hydrogen) atoms. The van der Waals surface area contributed by atoms with E-state index < -0.39 is 9.84 Å². The summed E-state index contributed by atoms with van der Waals surface area (Å²) in [7, 11) is -1.63. The van der Waals surface area contributed by atoms with Crippen molar-refractivity contribution in [3.63, 3.8) is 0 Å². The van der Waals surface area contributed by atoms with Crippen LogP contribution in [0.15, 0.2) is 53.4 Å². The number of nitrogens with one attached hydrogen (secondary N) is 1. The molecule has 0 saturated heterocycles. The van der Waals surface area contributed by atoms with Gasteiger partial charge < -0.3 is 16.0 Å². The number of sulfone groups is 1. The summed E-state index contributed by atoms with van der Waals surface area (Å²) in [6.07, 6.45) is 5.25. The van der Waals surface area contributed by atoms with Gasteiger partial charge in [-0.1, -0.05) is 35.9 Å². The van der Waals surface area contributed by atoms with E-state index in [1.54, 1.807) is 25.2 Å². The number of amides is 2. The quantitative estimate of drug-likeness (QED) is 0.634. The van der Waals surface area contributed by atoms with E-state index in [2.05, 4.69) is 11.4 Å². The molecular weight excluding hydrogens is 446 g/mol. The van der Waals surface area contributed by atoms with Gasteiger partial charge in [0.05, 0.1) is 4.90 Å². The Kier molecular flexibility index (Phi) is 7.85. The highest BCUT2D eigenvalue weighted by atomic mass is 35.5. The zero-order chi connectivity index (χ0) is 23.4. The molecular formula is C24H32ClN3O3S. The molecule has 0 heterocycles. The summed E-state index contributed by atoms with van der Waals surface area (Å²) < 4.78 is 23.7. The molecule has 0 aliphatic heterocycles. The van der Waals surface area contributed by atoms with Crippen molar-refractivity contribution in [2.45, 2.75) is 48.5 Å². The molecule has 1 saturated carbocycles. The van der Waals surface area contributed by atoms with Crippen LogP contribution in [0.3, 0.4) is 0 Å². The fourth-order valence-corrected chi connectivity index (χ4v) is 5.55. The zero-order valence-electron chi connectivity index (χ0n) is 18.7. The number of nitrogens with two attached hydrogens (primary N) is 1. The van der Waals surface area contributed by atoms with Gasteiger partial charge in [-0.2, -0.15) is 0 Å². The summed E-state index contributed by atoms with van der Waals surface area (Å²) in [6.45, 7) is 1.06. The smallest absolute Gasteiger partial charge is 0.317 e. The van der Waals surface area contributed by atoms with Crippen LogP contribution in [-0.2, 0) is 21.7 Å². The van der Waals surface area contributed by atoms with Gasteiger partial charge in [0.1, 0.15) is 0 Å². The van der Waals surface area contributed by atoms with E-state index in [9.17, 15) is 13.2 Å². The second-order valence-electron chi connectivity index (χ2n) is 8.64. The molecule has 2 amide bonds. The molecule has 2 aromatic rings. The predicted molar refractivity (Wildman–Crippen MR) is 129 cm³/mol. The first kappa shape index (κ1) is 24.6. The summed E-state index contributed by atoms with van der Waals surface area (Å²) in [5.41, 5.74) is 8.16. The van der Waals surface area contributed by atoms with Crippen LogP contribution in [0, 0.1) is 0 Å². The third-order valence-electron chi connectivity index (χ3n) is 6.62. The van der Waals surface area contributed by atoms with Gasteiger partial charge in [0.2, 0.25) is 0 Å². The Morgan fingerprint density at radius 2 is 1.88 bits per heavy atom. The number of nitrogens with zero attached hydrogens (tertiary/aromatic N) is 1. The first-order chi connectivity index (χ1) is 15.2. The summed E-state index contributed by atoms with van der Waals surface area (Å²) in [4.78, 5) is 14.9. The van der Waals surface area contributed by atoms with Crippen molar-refractivity contribution in [1.82, 2.24) is 10.2 Å². The average Bonchev–Trinajstić information content (AvgIpc) is 2.79. The van der Waals surface area contributed by atoms with Crippen molar-refractivity contribution in [2.75, 3.05) is 26.4 Å². The van der Waals surface area contributed by atoms with Crippen LogP contribution in [-0.4, -0.2) is 51.8 Å². The lowest BCUT2D eigenvalue weighted by Gasteiger charge is -2.43. The number of urea groups is 1. The van der Waals surface area contributed by atoms with Crippen LogP contribution in [0.4, 0.5) is 4.79 Å². The van der Waals surface area contributed by atoms with E-state index in [4.69, 9.17) is 17.3 Å². The van der Waals surface area contributed by atoms with Gasteiger partial charge in [-0.25, -0.2) is 13.2 Å². The molecule has 0 radical (unpaired) electrons. The summed E-state index contributed by atoms with van der Waals surface area (Å²) in [5.74, 6) is 0. The van der Waals surface area contributed by atoms with Crippen LogP contribution in [0.5, 0.6) is 0 Å². The first-order valence-electron chi connectivity index (χ1n) is 10.9. The van der Waals surface area contributed by atoms with Crippen molar-refractivity contribution < 1.29 is 13.2 Å².